The molecule has 0 radical (unpaired) electrons. The molecule has 2 N–H and O–H groups in total. The van der Waals surface area contributed by atoms with Crippen molar-refractivity contribution in [2.45, 2.75) is 136 Å². The van der Waals surface area contributed by atoms with Crippen LogP contribution in [0.4, 0.5) is 0 Å². The Morgan fingerprint density at radius 1 is 0.574 bits per heavy atom. The molecule has 0 heterocycles. The second-order valence-electron chi connectivity index (χ2n) is 17.2. The first-order valence-corrected chi connectivity index (χ1v) is 17.3. The summed E-state index contributed by atoms with van der Waals surface area (Å²) in [6.07, 6.45) is 7.04. The molecule has 4 rings (SSSR count). The maximum Gasteiger partial charge on any atom is 0.128 e. The fourth-order valence-electron chi connectivity index (χ4n) is 6.45. The van der Waals surface area contributed by atoms with Crippen LogP contribution in [-0.2, 0) is 39.0 Å². The van der Waals surface area contributed by atoms with Gasteiger partial charge >= 0.3 is 0 Å². The predicted octanol–water partition coefficient (Wildman–Crippen LogP) is 4.23. The molecule has 2 aliphatic carbocycles. The van der Waals surface area contributed by atoms with Gasteiger partial charge in [-0.25, -0.2) is 18.6 Å². The molecule has 2 aromatic carbocycles. The molecule has 47 heavy (non-hydrogen) atoms. The standard InChI is InChI=1S/C37H54N2O2.ClHO4.Cr/c1-34(2,3)26-14-24(32(40)28(18-26)36(7,8)9)20-38-30-16-23-13-22(30)17-31(23)39-21-25-15-27(35(4,5)6)19-29(33(25)41)37(10,11)12;2-1(3,4)5;/h14-15,18-23,30-31,40-41H,13,16-17H2,1-12H3;(H,2,3,4,5);/p-1/t22-,23-,30-,31-;;/m1../s1. The summed E-state index contributed by atoms with van der Waals surface area (Å²) in [4.78, 5) is 10.1. The number of rotatable bonds is 4. The molecule has 4 atom stereocenters. The van der Waals surface area contributed by atoms with Crippen LogP contribution in [0.1, 0.15) is 136 Å². The van der Waals surface area contributed by atoms with E-state index in [9.17, 15) is 10.2 Å². The molecule has 10 heteroatoms. The smallest absolute Gasteiger partial charge is 0.128 e. The minimum atomic E-state index is -4.94. The summed E-state index contributed by atoms with van der Waals surface area (Å²) in [7, 11) is -4.94. The van der Waals surface area contributed by atoms with Crippen molar-refractivity contribution >= 4 is 12.4 Å². The summed E-state index contributed by atoms with van der Waals surface area (Å²) in [6.45, 7) is 26.2. The first-order chi connectivity index (χ1) is 20.7. The first-order valence-electron chi connectivity index (χ1n) is 16.1. The Hall–Kier alpha value is -1.96. The van der Waals surface area contributed by atoms with Crippen LogP contribution in [0.2, 0.25) is 0 Å². The van der Waals surface area contributed by atoms with Gasteiger partial charge in [-0.2, -0.15) is 0 Å². The summed E-state index contributed by atoms with van der Waals surface area (Å²) >= 11 is 0. The average Bonchev–Trinajstić information content (AvgIpc) is 3.44. The average molecular weight is 710 g/mol. The topological polar surface area (TPSA) is 157 Å². The third-order valence-corrected chi connectivity index (χ3v) is 9.22. The molecule has 0 amide bonds. The van der Waals surface area contributed by atoms with Gasteiger partial charge in [0.25, 0.3) is 0 Å². The summed E-state index contributed by atoms with van der Waals surface area (Å²) in [6, 6.07) is 9.08. The van der Waals surface area contributed by atoms with E-state index in [1.54, 1.807) is 0 Å². The molecule has 0 unspecified atom stereocenters. The molecule has 0 aliphatic heterocycles. The summed E-state index contributed by atoms with van der Waals surface area (Å²) < 4.78 is 34.0. The van der Waals surface area contributed by atoms with Crippen LogP contribution >= 0.6 is 0 Å². The van der Waals surface area contributed by atoms with Crippen molar-refractivity contribution in [3.8, 4) is 11.5 Å². The molecule has 2 aromatic rings. The van der Waals surface area contributed by atoms with Gasteiger partial charge in [-0.3, -0.25) is 9.98 Å². The monoisotopic (exact) mass is 709 g/mol. The van der Waals surface area contributed by atoms with Crippen LogP contribution in [0.3, 0.4) is 0 Å². The Labute approximate surface area is 294 Å². The van der Waals surface area contributed by atoms with E-state index in [1.165, 1.54) is 11.1 Å². The SMILES string of the molecule is CC(C)(C)c1cc(C=N[C@@H]2C[C@H]3C[C@@H]2C[C@H]3N=Cc2cc(C(C)(C)C)cc(C(C)(C)C)c2O)c(O)c(C(C)(C)C)c1.[Cr].[O-][Cl+3]([O-])([O-])[O-]. The van der Waals surface area contributed by atoms with Crippen molar-refractivity contribution in [1.29, 1.82) is 0 Å². The Kier molecular flexibility index (Phi) is 12.7. The van der Waals surface area contributed by atoms with Gasteiger partial charge in [-0.05, 0) is 76.0 Å². The Morgan fingerprint density at radius 3 is 1.11 bits per heavy atom. The van der Waals surface area contributed by atoms with Crippen molar-refractivity contribution < 1.29 is 56.5 Å². The van der Waals surface area contributed by atoms with E-state index in [1.807, 2.05) is 12.4 Å². The Balaban J connectivity index is 0.00000119. The van der Waals surface area contributed by atoms with Crippen molar-refractivity contribution in [3.05, 3.63) is 57.6 Å². The molecule has 0 saturated heterocycles. The van der Waals surface area contributed by atoms with E-state index in [4.69, 9.17) is 28.6 Å². The van der Waals surface area contributed by atoms with Gasteiger partial charge in [-0.15, -0.1) is 10.2 Å². The predicted molar refractivity (Wildman–Crippen MR) is 175 cm³/mol. The number of phenols is 2. The normalized spacial score (nSPS) is 22.0. The van der Waals surface area contributed by atoms with Crippen molar-refractivity contribution in [1.82, 2.24) is 0 Å². The van der Waals surface area contributed by atoms with E-state index in [0.717, 1.165) is 41.5 Å². The molecule has 2 fully saturated rings. The first kappa shape index (κ1) is 41.2. The van der Waals surface area contributed by atoms with E-state index >= 15 is 0 Å². The molecular formula is C37H54ClCrN2O6-. The number of phenolic OH excluding ortho intramolecular Hbond substituents is 2. The minimum absolute atomic E-state index is 0. The van der Waals surface area contributed by atoms with Gasteiger partial charge in [0.05, 0.1) is 12.1 Å². The molecule has 2 aliphatic rings. The fraction of sp³-hybridized carbons (Fsp3) is 0.622. The van der Waals surface area contributed by atoms with E-state index in [0.29, 0.717) is 23.3 Å². The molecular weight excluding hydrogens is 656 g/mol. The molecule has 0 spiro atoms. The van der Waals surface area contributed by atoms with Crippen molar-refractivity contribution in [2.75, 3.05) is 0 Å². The van der Waals surface area contributed by atoms with Gasteiger partial charge in [0.2, 0.25) is 0 Å². The van der Waals surface area contributed by atoms with Gasteiger partial charge in [0, 0.05) is 52.0 Å². The van der Waals surface area contributed by atoms with Crippen LogP contribution in [0, 0.1) is 22.1 Å². The Bertz CT molecular complexity index is 1350. The third-order valence-electron chi connectivity index (χ3n) is 9.22. The van der Waals surface area contributed by atoms with Gasteiger partial charge in [0.15, 0.2) is 0 Å². The Morgan fingerprint density at radius 2 is 0.872 bits per heavy atom. The number of aliphatic imine (C=N–C) groups is 2. The van der Waals surface area contributed by atoms with E-state index in [2.05, 4.69) is 107 Å². The zero-order chi connectivity index (χ0) is 35.2. The van der Waals surface area contributed by atoms with Gasteiger partial charge in [-0.1, -0.05) is 95.2 Å². The molecule has 2 saturated carbocycles. The quantitative estimate of drug-likeness (QED) is 0.453. The zero-order valence-electron chi connectivity index (χ0n) is 30.1. The van der Waals surface area contributed by atoms with Crippen LogP contribution in [0.25, 0.3) is 0 Å². The third kappa shape index (κ3) is 11.0. The largest absolute Gasteiger partial charge is 0.507 e. The van der Waals surface area contributed by atoms with E-state index < -0.39 is 10.2 Å². The van der Waals surface area contributed by atoms with E-state index in [-0.39, 0.29) is 51.1 Å². The van der Waals surface area contributed by atoms with Crippen LogP contribution in [0.15, 0.2) is 34.3 Å². The molecule has 8 nitrogen and oxygen atoms in total. The number of hydrogen-bond donors (Lipinski definition) is 2. The number of benzene rings is 2. The summed E-state index contributed by atoms with van der Waals surface area (Å²) in [5.74, 6) is 1.72. The maximum atomic E-state index is 11.2. The van der Waals surface area contributed by atoms with Crippen molar-refractivity contribution in [2.24, 2.45) is 21.8 Å². The van der Waals surface area contributed by atoms with Crippen LogP contribution in [0.5, 0.6) is 11.5 Å². The number of fused-ring (bicyclic) bond motifs is 2. The zero-order valence-corrected chi connectivity index (χ0v) is 32.1. The number of nitrogens with zero attached hydrogens (tertiary/aromatic N) is 2. The summed E-state index contributed by atoms with van der Waals surface area (Å²) in [5, 5.41) is 22.3. The second-order valence-corrected chi connectivity index (χ2v) is 18.0. The molecule has 0 aromatic heterocycles. The van der Waals surface area contributed by atoms with Gasteiger partial charge < -0.3 is 10.2 Å². The molecule has 262 valence electrons. The second kappa shape index (κ2) is 14.5. The number of aromatic hydroxyl groups is 2. The number of hydrogen-bond acceptors (Lipinski definition) is 8. The fourth-order valence-corrected chi connectivity index (χ4v) is 6.45. The summed E-state index contributed by atoms with van der Waals surface area (Å²) in [5.41, 5.74) is 5.71. The van der Waals surface area contributed by atoms with Crippen LogP contribution in [-0.4, -0.2) is 34.7 Å². The number of halogens is 1. The maximum absolute atomic E-state index is 11.2. The molecule has 2 bridgehead atoms. The van der Waals surface area contributed by atoms with Gasteiger partial charge in [0.1, 0.15) is 11.5 Å². The minimum Gasteiger partial charge on any atom is -0.507 e. The van der Waals surface area contributed by atoms with Crippen molar-refractivity contribution in [3.63, 3.8) is 0 Å². The van der Waals surface area contributed by atoms with Crippen LogP contribution < -0.4 is 18.6 Å².